The molecule has 390 valence electrons. The van der Waals surface area contributed by atoms with E-state index in [-0.39, 0.29) is 21.7 Å². The molecule has 8 aromatic rings. The number of rotatable bonds is 8. The van der Waals surface area contributed by atoms with Gasteiger partial charge in [0.2, 0.25) is 0 Å². The third-order valence-corrected chi connectivity index (χ3v) is 15.7. The van der Waals surface area contributed by atoms with E-state index in [9.17, 15) is 0 Å². The molecule has 0 aromatic heterocycles. The van der Waals surface area contributed by atoms with E-state index in [1.807, 2.05) is 6.07 Å². The molecular formula is C70H85Cl2SiZr-3. The first kappa shape index (κ1) is 59.5. The van der Waals surface area contributed by atoms with Gasteiger partial charge in [-0.3, -0.25) is 0 Å². The third kappa shape index (κ3) is 14.8. The van der Waals surface area contributed by atoms with E-state index in [1.165, 1.54) is 110 Å². The molecule has 9 rings (SSSR count). The fraction of sp³-hybridized carbons (Fsp3) is 0.400. The summed E-state index contributed by atoms with van der Waals surface area (Å²) in [4.78, 5) is 0. The molecule has 1 aliphatic heterocycles. The predicted octanol–water partition coefficient (Wildman–Crippen LogP) is 19.7. The molecular weight excluding hydrogens is 1030 g/mol. The molecule has 0 fully saturated rings. The predicted molar refractivity (Wildman–Crippen MR) is 328 cm³/mol. The first-order chi connectivity index (χ1) is 34.7. The van der Waals surface area contributed by atoms with Gasteiger partial charge in [0.15, 0.2) is 0 Å². The van der Waals surface area contributed by atoms with Crippen molar-refractivity contribution in [1.82, 2.24) is 0 Å². The smallest absolute Gasteiger partial charge is 0.0920 e. The van der Waals surface area contributed by atoms with E-state index in [0.29, 0.717) is 11.8 Å². The Kier molecular flexibility index (Phi) is 19.8. The van der Waals surface area contributed by atoms with Gasteiger partial charge in [0, 0.05) is 0 Å². The minimum atomic E-state index is -0.826. The van der Waals surface area contributed by atoms with Crippen molar-refractivity contribution >= 4 is 58.5 Å². The monoisotopic (exact) mass is 1110 g/mol. The zero-order chi connectivity index (χ0) is 54.5. The Morgan fingerprint density at radius 3 is 1.24 bits per heavy atom. The second kappa shape index (κ2) is 24.7. The molecule has 0 saturated carbocycles. The van der Waals surface area contributed by atoms with E-state index < -0.39 is 20.8 Å². The second-order valence-corrected chi connectivity index (χ2v) is 30.7. The Morgan fingerprint density at radius 2 is 0.878 bits per heavy atom. The molecule has 74 heavy (non-hydrogen) atoms. The summed E-state index contributed by atoms with van der Waals surface area (Å²) < 4.78 is 0. The second-order valence-electron chi connectivity index (χ2n) is 25.6. The van der Waals surface area contributed by atoms with Crippen LogP contribution < -0.4 is 10.4 Å². The van der Waals surface area contributed by atoms with Crippen molar-refractivity contribution in [2.75, 3.05) is 0 Å². The fourth-order valence-electron chi connectivity index (χ4n) is 10.2. The van der Waals surface area contributed by atoms with Crippen LogP contribution in [0.2, 0.25) is 0 Å². The minimum absolute atomic E-state index is 0.130. The van der Waals surface area contributed by atoms with Crippen molar-refractivity contribution < 1.29 is 20.8 Å². The van der Waals surface area contributed by atoms with E-state index in [2.05, 4.69) is 252 Å². The number of aryl methyl sites for hydroxylation is 2. The summed E-state index contributed by atoms with van der Waals surface area (Å²) in [5.41, 5.74) is 20.5. The molecule has 8 aromatic carbocycles. The molecule has 0 nitrogen and oxygen atoms in total. The molecule has 0 aliphatic carbocycles. The van der Waals surface area contributed by atoms with Gasteiger partial charge in [0.05, 0.1) is 9.52 Å². The van der Waals surface area contributed by atoms with Gasteiger partial charge in [-0.25, -0.2) is 0 Å². The van der Waals surface area contributed by atoms with Crippen LogP contribution in [0.5, 0.6) is 0 Å². The number of halogens is 2. The summed E-state index contributed by atoms with van der Waals surface area (Å²) in [6.45, 7) is 41.6. The van der Waals surface area contributed by atoms with Gasteiger partial charge < -0.3 is 0 Å². The number of hydrogen-bond acceptors (Lipinski definition) is 0. The van der Waals surface area contributed by atoms with Crippen molar-refractivity contribution in [3.8, 4) is 33.4 Å². The number of benzene rings is 6. The van der Waals surface area contributed by atoms with Crippen molar-refractivity contribution in [3.05, 3.63) is 178 Å². The maximum Gasteiger partial charge on any atom is 0.0920 e. The molecule has 0 atom stereocenters. The Labute approximate surface area is 470 Å². The largest absolute Gasteiger partial charge is 0.184 e. The van der Waals surface area contributed by atoms with Crippen LogP contribution in [0.25, 0.3) is 54.9 Å². The van der Waals surface area contributed by atoms with E-state index in [4.69, 9.17) is 17.0 Å². The Balaban J connectivity index is 0.000000186. The molecule has 0 amide bonds. The first-order valence-electron chi connectivity index (χ1n) is 27.2. The molecule has 0 spiro atoms. The SMILES string of the molecule is CCc1ccc2[cH-]c(CC(C)C)cc2c1-c1cc(C(C)(C)C)cc(C(C)(C)C)c1.CCc1ccc2[cH-]c(CC(C)C)cc2c1-c1cc(C(C)(C)C)cc(C(C)(C)C)c1.[Cl][Zr][Cl].[c-]1cccc2c1[Si]c1ccccc1-2. The molecule has 0 bridgehead atoms. The summed E-state index contributed by atoms with van der Waals surface area (Å²) in [5.74, 6) is 1.36. The van der Waals surface area contributed by atoms with Crippen molar-refractivity contribution in [1.29, 1.82) is 0 Å². The van der Waals surface area contributed by atoms with Crippen LogP contribution in [-0.4, -0.2) is 9.52 Å². The number of fused-ring (bicyclic) bond motifs is 5. The van der Waals surface area contributed by atoms with Crippen LogP contribution >= 0.6 is 17.0 Å². The number of hydrogen-bond donors (Lipinski definition) is 0. The summed E-state index contributed by atoms with van der Waals surface area (Å²) in [5, 5.41) is 8.43. The summed E-state index contributed by atoms with van der Waals surface area (Å²) in [6, 6.07) is 51.8. The van der Waals surface area contributed by atoms with Crippen LogP contribution in [0, 0.1) is 17.9 Å². The average Bonchev–Trinajstić information content (AvgIpc) is 4.04. The topological polar surface area (TPSA) is 0 Å². The van der Waals surface area contributed by atoms with E-state index in [1.54, 1.807) is 0 Å². The first-order valence-corrected chi connectivity index (χ1v) is 34.6. The molecule has 1 aliphatic rings. The molecule has 0 unspecified atom stereocenters. The summed E-state index contributed by atoms with van der Waals surface area (Å²) in [7, 11) is 10.7. The summed E-state index contributed by atoms with van der Waals surface area (Å²) >= 11 is -0.826. The average molecular weight is 1120 g/mol. The van der Waals surface area contributed by atoms with Crippen molar-refractivity contribution in [2.45, 2.75) is 172 Å². The van der Waals surface area contributed by atoms with Gasteiger partial charge in [-0.05, 0) is 92.6 Å². The van der Waals surface area contributed by atoms with Gasteiger partial charge >= 0.3 is 37.9 Å². The third-order valence-electron chi connectivity index (χ3n) is 14.4. The van der Waals surface area contributed by atoms with Crippen LogP contribution in [0.4, 0.5) is 0 Å². The zero-order valence-electron chi connectivity index (χ0n) is 48.4. The quantitative estimate of drug-likeness (QED) is 0.105. The summed E-state index contributed by atoms with van der Waals surface area (Å²) in [6.07, 6.45) is 4.40. The normalized spacial score (nSPS) is 12.5. The minimum Gasteiger partial charge on any atom is -0.184 e. The molecule has 4 heteroatoms. The molecule has 1 heterocycles. The Bertz CT molecular complexity index is 2870. The van der Waals surface area contributed by atoms with Gasteiger partial charge in [0.25, 0.3) is 0 Å². The van der Waals surface area contributed by atoms with E-state index >= 15 is 0 Å². The van der Waals surface area contributed by atoms with E-state index in [0.717, 1.165) is 35.2 Å². The van der Waals surface area contributed by atoms with Crippen LogP contribution in [-0.2, 0) is 68.2 Å². The molecule has 0 N–H and O–H groups in total. The van der Waals surface area contributed by atoms with Gasteiger partial charge in [0.1, 0.15) is 0 Å². The van der Waals surface area contributed by atoms with Crippen molar-refractivity contribution in [3.63, 3.8) is 0 Å². The van der Waals surface area contributed by atoms with Crippen LogP contribution in [0.15, 0.2) is 127 Å². The molecule has 2 radical (unpaired) electrons. The Morgan fingerprint density at radius 1 is 0.500 bits per heavy atom. The fourth-order valence-corrected chi connectivity index (χ4v) is 11.5. The van der Waals surface area contributed by atoms with Crippen molar-refractivity contribution in [2.24, 2.45) is 11.8 Å². The Hall–Kier alpha value is -3.78. The zero-order valence-corrected chi connectivity index (χ0v) is 53.3. The van der Waals surface area contributed by atoms with Crippen LogP contribution in [0.1, 0.15) is 169 Å². The molecule has 0 saturated heterocycles. The standard InChI is InChI=1S/2C29H39.C12H7Si.2ClH.Zr/c2*1-10-21-11-12-22-14-20(13-19(2)3)15-26(22)27(21)23-16-24(28(4,5)6)18-25(17-23)29(7,8)9;1-3-7-11-9(5-1)10-6-2-4-8-12(10)13-11;;;/h2*11-12,14-19H,10,13H2,1-9H3;1-7H;2*1H;/q3*-1;;;+2/p-2. The van der Waals surface area contributed by atoms with Gasteiger partial charge in [-0.2, -0.15) is 41.6 Å². The van der Waals surface area contributed by atoms with Gasteiger partial charge in [-0.1, -0.05) is 218 Å². The van der Waals surface area contributed by atoms with Gasteiger partial charge in [-0.15, -0.1) is 74.6 Å². The maximum atomic E-state index is 4.93. The maximum absolute atomic E-state index is 4.93. The van der Waals surface area contributed by atoms with Crippen LogP contribution in [0.3, 0.4) is 0 Å².